The van der Waals surface area contributed by atoms with Crippen LogP contribution in [0.15, 0.2) is 64.2 Å². The smallest absolute Gasteiger partial charge is 0.273 e. The monoisotopic (exact) mass is 442 g/mol. The highest BCUT2D eigenvalue weighted by Gasteiger charge is 2.22. The zero-order valence-electron chi connectivity index (χ0n) is 16.5. The lowest BCUT2D eigenvalue weighted by molar-refractivity contribution is -0.118. The number of thiophene rings is 1. The fourth-order valence-electron chi connectivity index (χ4n) is 3.43. The van der Waals surface area contributed by atoms with Gasteiger partial charge in [-0.15, -0.1) is 11.3 Å². The fraction of sp³-hybridized carbons (Fsp3) is 0.227. The zero-order valence-corrected chi connectivity index (χ0v) is 18.1. The van der Waals surface area contributed by atoms with Crippen molar-refractivity contribution in [3.05, 3.63) is 71.1 Å². The van der Waals surface area contributed by atoms with Crippen LogP contribution in [-0.4, -0.2) is 28.0 Å². The van der Waals surface area contributed by atoms with E-state index in [4.69, 9.17) is 4.74 Å². The molecule has 0 aliphatic heterocycles. The summed E-state index contributed by atoms with van der Waals surface area (Å²) in [6, 6.07) is 15.9. The summed E-state index contributed by atoms with van der Waals surface area (Å²) in [5.41, 5.74) is 3.94. The van der Waals surface area contributed by atoms with E-state index >= 15 is 0 Å². The van der Waals surface area contributed by atoms with Crippen molar-refractivity contribution >= 4 is 38.6 Å². The standard InChI is InChI=1S/C22H22N2O4S2/c1-24(30(26,27)22-6-3-13-29-22)19-9-11-20(12-10-19)28-15-21(25)23-18-8-7-16-4-2-5-17(16)14-18/h3,6-14H,2,4-5,15H2,1H3,(H,23,25). The number of rotatable bonds is 7. The second-order valence-corrected chi connectivity index (χ2v) is 10.2. The number of benzene rings is 2. The third-order valence-electron chi connectivity index (χ3n) is 5.06. The van der Waals surface area contributed by atoms with Gasteiger partial charge in [0.25, 0.3) is 15.9 Å². The minimum absolute atomic E-state index is 0.125. The van der Waals surface area contributed by atoms with E-state index in [0.29, 0.717) is 11.4 Å². The second kappa shape index (κ2) is 8.49. The molecule has 2 aromatic carbocycles. The predicted molar refractivity (Wildman–Crippen MR) is 119 cm³/mol. The van der Waals surface area contributed by atoms with Crippen LogP contribution in [-0.2, 0) is 27.7 Å². The van der Waals surface area contributed by atoms with E-state index in [1.54, 1.807) is 41.8 Å². The molecule has 8 heteroatoms. The summed E-state index contributed by atoms with van der Waals surface area (Å²) in [5, 5.41) is 4.58. The predicted octanol–water partition coefficient (Wildman–Crippen LogP) is 4.08. The van der Waals surface area contributed by atoms with E-state index in [1.807, 2.05) is 12.1 Å². The van der Waals surface area contributed by atoms with Gasteiger partial charge in [0, 0.05) is 12.7 Å². The number of nitrogens with one attached hydrogen (secondary N) is 1. The maximum Gasteiger partial charge on any atom is 0.273 e. The van der Waals surface area contributed by atoms with Crippen LogP contribution in [0.3, 0.4) is 0 Å². The quantitative estimate of drug-likeness (QED) is 0.598. The van der Waals surface area contributed by atoms with Crippen molar-refractivity contribution in [2.45, 2.75) is 23.5 Å². The first-order chi connectivity index (χ1) is 14.4. The lowest BCUT2D eigenvalue weighted by Gasteiger charge is -2.18. The molecule has 1 N–H and O–H groups in total. The number of hydrogen-bond acceptors (Lipinski definition) is 5. The number of carbonyl (C=O) groups is 1. The number of aryl methyl sites for hydroxylation is 2. The molecule has 30 heavy (non-hydrogen) atoms. The van der Waals surface area contributed by atoms with Crippen molar-refractivity contribution in [1.82, 2.24) is 0 Å². The average molecular weight is 443 g/mol. The van der Waals surface area contributed by atoms with E-state index in [9.17, 15) is 13.2 Å². The van der Waals surface area contributed by atoms with E-state index in [-0.39, 0.29) is 16.7 Å². The number of anilines is 2. The van der Waals surface area contributed by atoms with Crippen LogP contribution in [0.25, 0.3) is 0 Å². The highest BCUT2D eigenvalue weighted by Crippen LogP contribution is 2.27. The first kappa shape index (κ1) is 20.4. The third-order valence-corrected chi connectivity index (χ3v) is 8.22. The summed E-state index contributed by atoms with van der Waals surface area (Å²) < 4.78 is 32.2. The molecule has 1 amide bonds. The Morgan fingerprint density at radius 2 is 1.87 bits per heavy atom. The molecule has 1 aliphatic carbocycles. The lowest BCUT2D eigenvalue weighted by atomic mass is 10.1. The minimum atomic E-state index is -3.58. The average Bonchev–Trinajstić information content (AvgIpc) is 3.44. The number of fused-ring (bicyclic) bond motifs is 1. The molecule has 6 nitrogen and oxygen atoms in total. The molecule has 0 saturated carbocycles. The molecular formula is C22H22N2O4S2. The molecule has 1 heterocycles. The number of nitrogens with zero attached hydrogens (tertiary/aromatic N) is 1. The van der Waals surface area contributed by atoms with E-state index < -0.39 is 10.0 Å². The molecule has 4 rings (SSSR count). The highest BCUT2D eigenvalue weighted by atomic mass is 32.2. The van der Waals surface area contributed by atoms with E-state index in [1.165, 1.54) is 33.8 Å². The van der Waals surface area contributed by atoms with Crippen LogP contribution >= 0.6 is 11.3 Å². The van der Waals surface area contributed by atoms with Gasteiger partial charge in [-0.1, -0.05) is 12.1 Å². The molecule has 0 unspecified atom stereocenters. The van der Waals surface area contributed by atoms with Crippen LogP contribution in [0, 0.1) is 0 Å². The molecule has 1 aliphatic rings. The SMILES string of the molecule is CN(c1ccc(OCC(=O)Nc2ccc3c(c2)CCC3)cc1)S(=O)(=O)c1cccs1. The third kappa shape index (κ3) is 4.34. The van der Waals surface area contributed by atoms with Gasteiger partial charge in [0.05, 0.1) is 5.69 Å². The normalized spacial score (nSPS) is 13.0. The summed E-state index contributed by atoms with van der Waals surface area (Å²) >= 11 is 1.18. The Morgan fingerprint density at radius 1 is 1.10 bits per heavy atom. The molecule has 0 fully saturated rings. The van der Waals surface area contributed by atoms with Crippen LogP contribution < -0.4 is 14.4 Å². The largest absolute Gasteiger partial charge is 0.484 e. The van der Waals surface area contributed by atoms with Gasteiger partial charge in [-0.2, -0.15) is 0 Å². The maximum absolute atomic E-state index is 12.6. The molecule has 0 atom stereocenters. The summed E-state index contributed by atoms with van der Waals surface area (Å²) in [7, 11) is -2.07. The Morgan fingerprint density at radius 3 is 2.60 bits per heavy atom. The van der Waals surface area contributed by atoms with Gasteiger partial charge in [-0.05, 0) is 78.2 Å². The Hall–Kier alpha value is -2.84. The second-order valence-electron chi connectivity index (χ2n) is 7.07. The molecule has 0 bridgehead atoms. The van der Waals surface area contributed by atoms with Crippen molar-refractivity contribution < 1.29 is 17.9 Å². The Kier molecular flexibility index (Phi) is 5.78. The lowest BCUT2D eigenvalue weighted by Crippen LogP contribution is -2.25. The first-order valence-electron chi connectivity index (χ1n) is 9.60. The van der Waals surface area contributed by atoms with Gasteiger partial charge in [0.15, 0.2) is 6.61 Å². The van der Waals surface area contributed by atoms with Crippen molar-refractivity contribution in [1.29, 1.82) is 0 Å². The molecule has 1 aromatic heterocycles. The minimum Gasteiger partial charge on any atom is -0.484 e. The van der Waals surface area contributed by atoms with Gasteiger partial charge >= 0.3 is 0 Å². The molecule has 3 aromatic rings. The van der Waals surface area contributed by atoms with Crippen molar-refractivity contribution in [3.63, 3.8) is 0 Å². The molecule has 0 spiro atoms. The summed E-state index contributed by atoms with van der Waals surface area (Å²) in [6.45, 7) is -0.125. The Balaban J connectivity index is 1.34. The summed E-state index contributed by atoms with van der Waals surface area (Å²) in [4.78, 5) is 12.2. The number of amides is 1. The topological polar surface area (TPSA) is 75.7 Å². The highest BCUT2D eigenvalue weighted by molar-refractivity contribution is 7.94. The van der Waals surface area contributed by atoms with Gasteiger partial charge in [0.1, 0.15) is 9.96 Å². The van der Waals surface area contributed by atoms with Gasteiger partial charge in [0.2, 0.25) is 0 Å². The van der Waals surface area contributed by atoms with E-state index in [0.717, 1.165) is 24.9 Å². The molecule has 0 radical (unpaired) electrons. The van der Waals surface area contributed by atoms with Gasteiger partial charge in [-0.25, -0.2) is 8.42 Å². The van der Waals surface area contributed by atoms with Crippen LogP contribution in [0.2, 0.25) is 0 Å². The maximum atomic E-state index is 12.6. The Bertz CT molecular complexity index is 1140. The van der Waals surface area contributed by atoms with Crippen molar-refractivity contribution in [3.8, 4) is 5.75 Å². The summed E-state index contributed by atoms with van der Waals surface area (Å²) in [5.74, 6) is 0.249. The molecular weight excluding hydrogens is 420 g/mol. The van der Waals surface area contributed by atoms with Crippen LogP contribution in [0.4, 0.5) is 11.4 Å². The fourth-order valence-corrected chi connectivity index (χ4v) is 5.79. The number of carbonyl (C=O) groups excluding carboxylic acids is 1. The Labute approximate surface area is 180 Å². The van der Waals surface area contributed by atoms with Crippen LogP contribution in [0.1, 0.15) is 17.5 Å². The molecule has 156 valence electrons. The van der Waals surface area contributed by atoms with Crippen LogP contribution in [0.5, 0.6) is 5.75 Å². The number of hydrogen-bond donors (Lipinski definition) is 1. The summed E-state index contributed by atoms with van der Waals surface area (Å²) in [6.07, 6.45) is 3.32. The zero-order chi connectivity index (χ0) is 21.1. The number of ether oxygens (including phenoxy) is 1. The van der Waals surface area contributed by atoms with Crippen molar-refractivity contribution in [2.75, 3.05) is 23.3 Å². The van der Waals surface area contributed by atoms with E-state index in [2.05, 4.69) is 11.4 Å². The van der Waals surface area contributed by atoms with Crippen molar-refractivity contribution in [2.24, 2.45) is 0 Å². The number of sulfonamides is 1. The van der Waals surface area contributed by atoms with Gasteiger partial charge in [-0.3, -0.25) is 9.10 Å². The molecule has 0 saturated heterocycles. The first-order valence-corrected chi connectivity index (χ1v) is 11.9. The van der Waals surface area contributed by atoms with Gasteiger partial charge < -0.3 is 10.1 Å².